The Kier molecular flexibility index (Phi) is 8.59. The lowest BCUT2D eigenvalue weighted by molar-refractivity contribution is -0.149. The van der Waals surface area contributed by atoms with Crippen LogP contribution in [0.4, 0.5) is 5.82 Å². The van der Waals surface area contributed by atoms with Crippen molar-refractivity contribution in [3.05, 3.63) is 45.1 Å². The Hall–Kier alpha value is -2.42. The number of fused-ring (bicyclic) bond motifs is 3. The number of nitrogens with one attached hydrogen (secondary N) is 1. The fourth-order valence-corrected chi connectivity index (χ4v) is 5.56. The van der Waals surface area contributed by atoms with Crippen molar-refractivity contribution in [1.82, 2.24) is 9.97 Å². The van der Waals surface area contributed by atoms with Gasteiger partial charge in [-0.05, 0) is 55.4 Å². The summed E-state index contributed by atoms with van der Waals surface area (Å²) in [5.74, 6) is 1.62. The van der Waals surface area contributed by atoms with Gasteiger partial charge in [-0.2, -0.15) is 0 Å². The predicted molar refractivity (Wildman–Crippen MR) is 135 cm³/mol. The van der Waals surface area contributed by atoms with E-state index in [1.807, 2.05) is 18.2 Å². The number of nitrogens with zero attached hydrogens (tertiary/aromatic N) is 2. The summed E-state index contributed by atoms with van der Waals surface area (Å²) in [5.41, 5.74) is 2.38. The summed E-state index contributed by atoms with van der Waals surface area (Å²) in [6.45, 7) is 3.06. The molecule has 0 atom stereocenters. The molecule has 0 bridgehead atoms. The maximum atomic E-state index is 11.8. The molecule has 3 aromatic rings. The molecule has 1 aliphatic carbocycles. The molecule has 1 N–H and O–H groups in total. The van der Waals surface area contributed by atoms with Crippen molar-refractivity contribution in [1.29, 1.82) is 0 Å². The first-order chi connectivity index (χ1) is 16.6. The van der Waals surface area contributed by atoms with Crippen LogP contribution in [-0.2, 0) is 40.3 Å². The highest BCUT2D eigenvalue weighted by Crippen LogP contribution is 2.39. The summed E-state index contributed by atoms with van der Waals surface area (Å²) < 4.78 is 16.0. The van der Waals surface area contributed by atoms with Crippen LogP contribution in [0.15, 0.2) is 18.2 Å². The number of thiophene rings is 1. The van der Waals surface area contributed by atoms with Gasteiger partial charge >= 0.3 is 5.97 Å². The number of hydrogen-bond donors (Lipinski definition) is 1. The topological polar surface area (TPSA) is 82.6 Å². The molecule has 0 spiro atoms. The quantitative estimate of drug-likeness (QED) is 0.265. The van der Waals surface area contributed by atoms with Crippen LogP contribution in [0, 0.1) is 0 Å². The normalized spacial score (nSPS) is 13.0. The van der Waals surface area contributed by atoms with Crippen LogP contribution < -0.4 is 10.1 Å². The van der Waals surface area contributed by atoms with E-state index in [-0.39, 0.29) is 19.2 Å². The number of aryl methyl sites for hydroxylation is 2. The fourth-order valence-electron chi connectivity index (χ4n) is 4.00. The number of unbranched alkanes of at least 4 members (excludes halogenated alkanes) is 1. The van der Waals surface area contributed by atoms with E-state index in [0.717, 1.165) is 47.3 Å². The van der Waals surface area contributed by atoms with E-state index in [0.29, 0.717) is 29.7 Å². The van der Waals surface area contributed by atoms with Gasteiger partial charge in [-0.3, -0.25) is 0 Å². The molecule has 9 heteroatoms. The maximum Gasteiger partial charge on any atom is 0.332 e. The van der Waals surface area contributed by atoms with E-state index >= 15 is 0 Å². The number of rotatable bonds is 11. The Morgan fingerprint density at radius 2 is 2.09 bits per heavy atom. The largest absolute Gasteiger partial charge is 0.495 e. The molecule has 34 heavy (non-hydrogen) atoms. The zero-order valence-corrected chi connectivity index (χ0v) is 21.2. The average molecular weight is 504 g/mol. The lowest BCUT2D eigenvalue weighted by Crippen LogP contribution is -2.14. The monoisotopic (exact) mass is 503 g/mol. The van der Waals surface area contributed by atoms with Gasteiger partial charge in [0.1, 0.15) is 29.6 Å². The smallest absolute Gasteiger partial charge is 0.332 e. The number of hydrogen-bond acceptors (Lipinski definition) is 8. The highest BCUT2D eigenvalue weighted by Gasteiger charge is 2.21. The van der Waals surface area contributed by atoms with E-state index in [2.05, 4.69) is 12.2 Å². The van der Waals surface area contributed by atoms with Gasteiger partial charge in [-0.25, -0.2) is 14.8 Å². The number of carbonyl (C=O) groups is 1. The Morgan fingerprint density at radius 1 is 1.24 bits per heavy atom. The molecule has 1 aromatic carbocycles. The molecule has 4 rings (SSSR count). The number of carbonyl (C=O) groups excluding carboxylic acids is 1. The second kappa shape index (κ2) is 11.8. The van der Waals surface area contributed by atoms with Crippen LogP contribution in [-0.4, -0.2) is 36.3 Å². The fraction of sp³-hybridized carbons (Fsp3) is 0.480. The van der Waals surface area contributed by atoms with Gasteiger partial charge in [-0.15, -0.1) is 11.3 Å². The van der Waals surface area contributed by atoms with Gasteiger partial charge in [0.25, 0.3) is 0 Å². The third-order valence-corrected chi connectivity index (χ3v) is 7.23. The lowest BCUT2D eigenvalue weighted by atomic mass is 9.97. The van der Waals surface area contributed by atoms with Gasteiger partial charge in [0.2, 0.25) is 0 Å². The number of ether oxygens (including phenoxy) is 3. The zero-order valence-electron chi connectivity index (χ0n) is 19.6. The number of halogens is 1. The van der Waals surface area contributed by atoms with Gasteiger partial charge in [0.15, 0.2) is 5.82 Å². The average Bonchev–Trinajstić information content (AvgIpc) is 3.21. The number of esters is 1. The highest BCUT2D eigenvalue weighted by atomic mass is 35.5. The summed E-state index contributed by atoms with van der Waals surface area (Å²) in [5, 5.41) is 5.16. The Morgan fingerprint density at radius 3 is 2.88 bits per heavy atom. The third-order valence-electron chi connectivity index (χ3n) is 5.75. The molecule has 2 heterocycles. The van der Waals surface area contributed by atoms with Crippen LogP contribution in [0.25, 0.3) is 10.2 Å². The molecule has 0 saturated carbocycles. The number of aromatic nitrogens is 2. The van der Waals surface area contributed by atoms with Gasteiger partial charge in [-0.1, -0.05) is 31.0 Å². The van der Waals surface area contributed by atoms with Crippen LogP contribution in [0.5, 0.6) is 5.75 Å². The molecular formula is C25H30ClN3O4S. The standard InChI is InChI=1S/C25H30ClN3O4S/c1-3-4-11-33-22(30)15-32-14-21-28-24(27-13-16-9-10-19(31-2)18(26)12-16)23-17-7-5-6-8-20(17)34-25(23)29-21/h9-10,12H,3-8,11,13-15H2,1-2H3,(H,27,28,29). The van der Waals surface area contributed by atoms with Crippen molar-refractivity contribution in [2.45, 2.75) is 58.6 Å². The van der Waals surface area contributed by atoms with Gasteiger partial charge in [0.05, 0.1) is 24.1 Å². The maximum absolute atomic E-state index is 11.8. The molecule has 1 aliphatic rings. The van der Waals surface area contributed by atoms with Crippen molar-refractivity contribution in [2.75, 3.05) is 25.6 Å². The second-order valence-corrected chi connectivity index (χ2v) is 9.76. The molecule has 0 saturated heterocycles. The second-order valence-electron chi connectivity index (χ2n) is 8.27. The van der Waals surface area contributed by atoms with Crippen LogP contribution in [0.3, 0.4) is 0 Å². The van der Waals surface area contributed by atoms with Crippen molar-refractivity contribution < 1.29 is 19.0 Å². The highest BCUT2D eigenvalue weighted by molar-refractivity contribution is 7.19. The molecule has 0 aliphatic heterocycles. The summed E-state index contributed by atoms with van der Waals surface area (Å²) in [6, 6.07) is 5.73. The summed E-state index contributed by atoms with van der Waals surface area (Å²) >= 11 is 8.04. The van der Waals surface area contributed by atoms with Crippen LogP contribution >= 0.6 is 22.9 Å². The van der Waals surface area contributed by atoms with Crippen LogP contribution in [0.1, 0.15) is 54.4 Å². The molecule has 0 fully saturated rings. The van der Waals surface area contributed by atoms with E-state index < -0.39 is 0 Å². The van der Waals surface area contributed by atoms with Gasteiger partial charge in [0, 0.05) is 11.4 Å². The van der Waals surface area contributed by atoms with E-state index in [9.17, 15) is 4.79 Å². The van der Waals surface area contributed by atoms with Crippen molar-refractivity contribution >= 4 is 44.9 Å². The Labute approximate surface area is 208 Å². The number of anilines is 1. The Bertz CT molecular complexity index is 1150. The predicted octanol–water partition coefficient (Wildman–Crippen LogP) is 5.70. The molecule has 0 unspecified atom stereocenters. The summed E-state index contributed by atoms with van der Waals surface area (Å²) in [4.78, 5) is 23.7. The van der Waals surface area contributed by atoms with Crippen molar-refractivity contribution in [3.63, 3.8) is 0 Å². The minimum Gasteiger partial charge on any atom is -0.495 e. The van der Waals surface area contributed by atoms with Crippen molar-refractivity contribution in [2.24, 2.45) is 0 Å². The number of benzene rings is 1. The molecule has 7 nitrogen and oxygen atoms in total. The minimum atomic E-state index is -0.365. The van der Waals surface area contributed by atoms with Gasteiger partial charge < -0.3 is 19.5 Å². The minimum absolute atomic E-state index is 0.112. The zero-order chi connectivity index (χ0) is 23.9. The lowest BCUT2D eigenvalue weighted by Gasteiger charge is -2.14. The first-order valence-corrected chi connectivity index (χ1v) is 12.9. The third kappa shape index (κ3) is 5.98. The molecular weight excluding hydrogens is 474 g/mol. The summed E-state index contributed by atoms with van der Waals surface area (Å²) in [7, 11) is 1.60. The molecule has 0 radical (unpaired) electrons. The molecule has 2 aromatic heterocycles. The van der Waals surface area contributed by atoms with Crippen LogP contribution in [0.2, 0.25) is 5.02 Å². The van der Waals surface area contributed by atoms with E-state index in [1.165, 1.54) is 23.3 Å². The van der Waals surface area contributed by atoms with E-state index in [1.54, 1.807) is 18.4 Å². The first kappa shape index (κ1) is 24.7. The molecule has 182 valence electrons. The summed E-state index contributed by atoms with van der Waals surface area (Å²) in [6.07, 6.45) is 6.34. The molecule has 0 amide bonds. The number of methoxy groups -OCH3 is 1. The van der Waals surface area contributed by atoms with E-state index in [4.69, 9.17) is 35.8 Å². The van der Waals surface area contributed by atoms with Crippen molar-refractivity contribution in [3.8, 4) is 5.75 Å². The Balaban J connectivity index is 1.52. The SMILES string of the molecule is CCCCOC(=O)COCc1nc(NCc2ccc(OC)c(Cl)c2)c2c3c(sc2n1)CCCC3. The first-order valence-electron chi connectivity index (χ1n) is 11.7.